The molecule has 2 atom stereocenters. The molecule has 258 valence electrons. The molecule has 3 fully saturated rings. The van der Waals surface area contributed by atoms with Gasteiger partial charge >= 0.3 is 0 Å². The highest BCUT2D eigenvalue weighted by molar-refractivity contribution is 8.13. The van der Waals surface area contributed by atoms with Crippen LogP contribution in [0.3, 0.4) is 0 Å². The molecule has 0 N–H and O–H groups in total. The Kier molecular flexibility index (Phi) is 10.6. The van der Waals surface area contributed by atoms with E-state index in [9.17, 15) is 0 Å². The van der Waals surface area contributed by atoms with Crippen molar-refractivity contribution in [2.75, 3.05) is 61.5 Å². The highest BCUT2D eigenvalue weighted by atomic mass is 35.5. The second-order valence-electron chi connectivity index (χ2n) is 12.8. The van der Waals surface area contributed by atoms with Crippen molar-refractivity contribution in [3.63, 3.8) is 0 Å². The molecule has 12 heteroatoms. The summed E-state index contributed by atoms with van der Waals surface area (Å²) in [6, 6.07) is 22.8. The number of aromatic nitrogens is 2. The van der Waals surface area contributed by atoms with Crippen LogP contribution in [0.4, 0.5) is 17.1 Å². The third-order valence-corrected chi connectivity index (χ3v) is 10.8. The minimum atomic E-state index is -1.08. The summed E-state index contributed by atoms with van der Waals surface area (Å²) in [6.07, 6.45) is 6.25. The van der Waals surface area contributed by atoms with Crippen LogP contribution in [0.25, 0.3) is 0 Å². The van der Waals surface area contributed by atoms with E-state index < -0.39 is 5.79 Å². The zero-order chi connectivity index (χ0) is 33.8. The van der Waals surface area contributed by atoms with Crippen molar-refractivity contribution in [2.24, 2.45) is 4.99 Å². The van der Waals surface area contributed by atoms with Crippen LogP contribution in [0.15, 0.2) is 90.4 Å². The fourth-order valence-corrected chi connectivity index (χ4v) is 8.19. The zero-order valence-corrected chi connectivity index (χ0v) is 30.2. The first kappa shape index (κ1) is 34.1. The summed E-state index contributed by atoms with van der Waals surface area (Å²) < 4.78 is 20.9. The Morgan fingerprint density at radius 1 is 0.959 bits per heavy atom. The lowest BCUT2D eigenvalue weighted by Gasteiger charge is -2.37. The first-order valence-electron chi connectivity index (χ1n) is 16.9. The van der Waals surface area contributed by atoms with Crippen LogP contribution >= 0.6 is 35.0 Å². The maximum absolute atomic E-state index is 6.61. The third kappa shape index (κ3) is 7.99. The van der Waals surface area contributed by atoms with Gasteiger partial charge in [0.25, 0.3) is 0 Å². The Hall–Kier alpha value is -3.41. The first-order chi connectivity index (χ1) is 23.8. The summed E-state index contributed by atoms with van der Waals surface area (Å²) in [6.45, 7) is 10.5. The lowest BCUT2D eigenvalue weighted by Crippen LogP contribution is -2.46. The van der Waals surface area contributed by atoms with Crippen LogP contribution < -0.4 is 14.5 Å². The van der Waals surface area contributed by atoms with E-state index in [1.165, 1.54) is 17.8 Å². The van der Waals surface area contributed by atoms with Crippen molar-refractivity contribution < 1.29 is 14.2 Å². The number of piperazine rings is 1. The predicted molar refractivity (Wildman–Crippen MR) is 200 cm³/mol. The highest BCUT2D eigenvalue weighted by Gasteiger charge is 2.45. The second-order valence-corrected chi connectivity index (χ2v) is 14.7. The van der Waals surface area contributed by atoms with Gasteiger partial charge in [0, 0.05) is 78.9 Å². The minimum Gasteiger partial charge on any atom is -0.491 e. The van der Waals surface area contributed by atoms with Crippen LogP contribution in [0.5, 0.6) is 5.75 Å². The van der Waals surface area contributed by atoms with Gasteiger partial charge in [-0.15, -0.1) is 0 Å². The minimum absolute atomic E-state index is 0.287. The molecule has 3 aliphatic rings. The van der Waals surface area contributed by atoms with E-state index in [1.54, 1.807) is 24.7 Å². The smallest absolute Gasteiger partial charge is 0.215 e. The number of halogens is 2. The van der Waals surface area contributed by atoms with Gasteiger partial charge < -0.3 is 33.5 Å². The Morgan fingerprint density at radius 3 is 2.33 bits per heavy atom. The first-order valence-corrected chi connectivity index (χ1v) is 18.6. The average Bonchev–Trinajstić information content (AvgIpc) is 3.79. The monoisotopic (exact) mass is 720 g/mol. The fraction of sp³-hybridized carbons (Fsp3) is 0.405. The van der Waals surface area contributed by atoms with Crippen molar-refractivity contribution in [2.45, 2.75) is 44.7 Å². The molecule has 49 heavy (non-hydrogen) atoms. The molecule has 3 saturated heterocycles. The van der Waals surface area contributed by atoms with Gasteiger partial charge in [-0.3, -0.25) is 0 Å². The van der Waals surface area contributed by atoms with E-state index in [0.717, 1.165) is 60.6 Å². The second kappa shape index (κ2) is 15.2. The molecule has 7 rings (SSSR count). The number of amidine groups is 1. The number of ether oxygens (including phenoxy) is 3. The van der Waals surface area contributed by atoms with Gasteiger partial charge in [0.2, 0.25) is 5.79 Å². The van der Waals surface area contributed by atoms with Gasteiger partial charge in [0.05, 0.1) is 30.2 Å². The Labute approximate surface area is 302 Å². The molecule has 3 aromatic carbocycles. The van der Waals surface area contributed by atoms with Gasteiger partial charge in [-0.1, -0.05) is 41.0 Å². The van der Waals surface area contributed by atoms with Gasteiger partial charge in [-0.25, -0.2) is 9.98 Å². The Balaban J connectivity index is 0.914. The van der Waals surface area contributed by atoms with E-state index in [2.05, 4.69) is 69.9 Å². The molecule has 4 heterocycles. The summed E-state index contributed by atoms with van der Waals surface area (Å²) in [5.74, 6) is 0.846. The summed E-state index contributed by atoms with van der Waals surface area (Å²) in [5, 5.41) is 2.18. The van der Waals surface area contributed by atoms with Crippen molar-refractivity contribution in [3.05, 3.63) is 101 Å². The van der Waals surface area contributed by atoms with Crippen LogP contribution in [-0.4, -0.2) is 83.5 Å². The summed E-state index contributed by atoms with van der Waals surface area (Å²) in [5.41, 5.74) is 4.18. The van der Waals surface area contributed by atoms with Crippen molar-refractivity contribution in [1.82, 2.24) is 14.5 Å². The molecule has 3 aliphatic heterocycles. The molecule has 0 spiro atoms. The van der Waals surface area contributed by atoms with Crippen LogP contribution in [0.1, 0.15) is 25.8 Å². The summed E-state index contributed by atoms with van der Waals surface area (Å²) >= 11 is 14.7. The molecular weight excluding hydrogens is 679 g/mol. The number of hydrogen-bond acceptors (Lipinski definition) is 8. The Bertz CT molecular complexity index is 1720. The molecule has 2 unspecified atom stereocenters. The zero-order valence-electron chi connectivity index (χ0n) is 27.9. The average molecular weight is 722 g/mol. The summed E-state index contributed by atoms with van der Waals surface area (Å²) in [4.78, 5) is 16.4. The maximum atomic E-state index is 6.61. The van der Waals surface area contributed by atoms with E-state index in [0.29, 0.717) is 35.8 Å². The molecule has 0 radical (unpaired) electrons. The lowest BCUT2D eigenvalue weighted by atomic mass is 10.1. The largest absolute Gasteiger partial charge is 0.491 e. The topological polar surface area (TPSA) is 67.6 Å². The number of thioether (sulfide) groups is 1. The van der Waals surface area contributed by atoms with E-state index in [4.69, 9.17) is 42.4 Å². The molecule has 4 aromatic rings. The SMILES string of the molecule is CC(C)N1CCCS/C1=N\c1ccc(N2CCN(c3ccc(OCC4COC(Cn5ccnc5)(c5ccc(Cl)cc5Cl)O4)cc3)CC2)cc1. The summed E-state index contributed by atoms with van der Waals surface area (Å²) in [7, 11) is 0. The van der Waals surface area contributed by atoms with E-state index in [1.807, 2.05) is 40.7 Å². The number of imidazole rings is 1. The normalized spacial score (nSPS) is 22.3. The molecule has 1 aromatic heterocycles. The Morgan fingerprint density at radius 2 is 1.67 bits per heavy atom. The van der Waals surface area contributed by atoms with Gasteiger partial charge in [0.1, 0.15) is 18.5 Å². The van der Waals surface area contributed by atoms with E-state index in [-0.39, 0.29) is 6.10 Å². The molecule has 9 nitrogen and oxygen atoms in total. The predicted octanol–water partition coefficient (Wildman–Crippen LogP) is 7.70. The third-order valence-electron chi connectivity index (χ3n) is 9.15. The van der Waals surface area contributed by atoms with Gasteiger partial charge in [-0.2, -0.15) is 0 Å². The quantitative estimate of drug-likeness (QED) is 0.165. The number of hydrogen-bond donors (Lipinski definition) is 0. The van der Waals surface area contributed by atoms with E-state index >= 15 is 0 Å². The van der Waals surface area contributed by atoms with Crippen LogP contribution in [0.2, 0.25) is 10.0 Å². The van der Waals surface area contributed by atoms with Crippen molar-refractivity contribution in [3.8, 4) is 5.75 Å². The molecule has 0 amide bonds. The molecule has 0 aliphatic carbocycles. The fourth-order valence-electron chi connectivity index (χ4n) is 6.54. The maximum Gasteiger partial charge on any atom is 0.215 e. The number of aliphatic imine (C=N–C) groups is 1. The van der Waals surface area contributed by atoms with Gasteiger partial charge in [0.15, 0.2) is 5.17 Å². The highest BCUT2D eigenvalue weighted by Crippen LogP contribution is 2.40. The number of rotatable bonds is 10. The molecule has 0 bridgehead atoms. The number of benzene rings is 3. The molecule has 0 saturated carbocycles. The molecular formula is C37H42Cl2N6O3S. The number of anilines is 2. The number of nitrogens with zero attached hydrogens (tertiary/aromatic N) is 6. The standard InChI is InChI=1S/C37H42Cl2N6O3S/c1-27(2)45-15-3-21-49-36(45)41-29-5-7-30(8-6-29)43-17-19-44(20-18-43)31-9-11-32(12-10-31)46-23-33-24-47-37(48-33,25-42-16-14-40-26-42)34-13-4-28(38)22-35(34)39/h4-14,16,22,26-27,33H,3,15,17-21,23-25H2,1-2H3/b41-36-. The lowest BCUT2D eigenvalue weighted by molar-refractivity contribution is -0.189. The van der Waals surface area contributed by atoms with Crippen molar-refractivity contribution >= 4 is 57.2 Å². The van der Waals surface area contributed by atoms with Crippen LogP contribution in [0, 0.1) is 0 Å². The van der Waals surface area contributed by atoms with Crippen molar-refractivity contribution in [1.29, 1.82) is 0 Å². The van der Waals surface area contributed by atoms with Crippen LogP contribution in [-0.2, 0) is 21.8 Å². The van der Waals surface area contributed by atoms with Gasteiger partial charge in [-0.05, 0) is 80.9 Å².